The van der Waals surface area contributed by atoms with Crippen molar-refractivity contribution in [3.05, 3.63) is 42.2 Å². The lowest BCUT2D eigenvalue weighted by Crippen LogP contribution is -2.13. The second-order valence-electron chi connectivity index (χ2n) is 4.77. The molecule has 0 N–H and O–H groups in total. The predicted molar refractivity (Wildman–Crippen MR) is 68.0 cm³/mol. The SMILES string of the molecule is O=C1CCC(c2cc3ccccc3cn2)CC1. The zero-order valence-corrected chi connectivity index (χ0v) is 9.73. The summed E-state index contributed by atoms with van der Waals surface area (Å²) in [7, 11) is 0. The van der Waals surface area contributed by atoms with Crippen LogP contribution in [-0.2, 0) is 4.79 Å². The minimum Gasteiger partial charge on any atom is -0.300 e. The molecular formula is C15H15NO. The first-order valence-electron chi connectivity index (χ1n) is 6.19. The number of carbonyl (C=O) groups is 1. The van der Waals surface area contributed by atoms with Crippen LogP contribution in [0.15, 0.2) is 36.5 Å². The second kappa shape index (κ2) is 4.28. The fourth-order valence-electron chi connectivity index (χ4n) is 2.56. The molecule has 1 aliphatic rings. The summed E-state index contributed by atoms with van der Waals surface area (Å²) in [6.07, 6.45) is 5.31. The zero-order valence-electron chi connectivity index (χ0n) is 9.73. The van der Waals surface area contributed by atoms with E-state index in [9.17, 15) is 4.79 Å². The van der Waals surface area contributed by atoms with Gasteiger partial charge in [-0.2, -0.15) is 0 Å². The number of rotatable bonds is 1. The van der Waals surface area contributed by atoms with Crippen LogP contribution in [0.2, 0.25) is 0 Å². The van der Waals surface area contributed by atoms with Gasteiger partial charge in [0.05, 0.1) is 0 Å². The Kier molecular flexibility index (Phi) is 2.63. The molecule has 0 radical (unpaired) electrons. The molecular weight excluding hydrogens is 210 g/mol. The number of hydrogen-bond donors (Lipinski definition) is 0. The molecule has 0 amide bonds. The summed E-state index contributed by atoms with van der Waals surface area (Å²) in [6, 6.07) is 10.5. The monoisotopic (exact) mass is 225 g/mol. The van der Waals surface area contributed by atoms with Gasteiger partial charge in [-0.1, -0.05) is 24.3 Å². The molecule has 0 spiro atoms. The average molecular weight is 225 g/mol. The highest BCUT2D eigenvalue weighted by Crippen LogP contribution is 2.31. The lowest BCUT2D eigenvalue weighted by molar-refractivity contribution is -0.120. The first-order valence-corrected chi connectivity index (χ1v) is 6.19. The summed E-state index contributed by atoms with van der Waals surface area (Å²) in [5.41, 5.74) is 1.15. The quantitative estimate of drug-likeness (QED) is 0.744. The van der Waals surface area contributed by atoms with Crippen molar-refractivity contribution in [3.8, 4) is 0 Å². The third kappa shape index (κ3) is 2.07. The van der Waals surface area contributed by atoms with Crippen LogP contribution in [0, 0.1) is 0 Å². The fourth-order valence-corrected chi connectivity index (χ4v) is 2.56. The van der Waals surface area contributed by atoms with Crippen molar-refractivity contribution < 1.29 is 4.79 Å². The number of carbonyl (C=O) groups excluding carboxylic acids is 1. The Labute approximate surface area is 101 Å². The molecule has 1 aliphatic carbocycles. The highest BCUT2D eigenvalue weighted by Gasteiger charge is 2.21. The van der Waals surface area contributed by atoms with Crippen LogP contribution >= 0.6 is 0 Å². The van der Waals surface area contributed by atoms with E-state index in [2.05, 4.69) is 29.2 Å². The van der Waals surface area contributed by atoms with Crippen LogP contribution in [0.1, 0.15) is 37.3 Å². The van der Waals surface area contributed by atoms with Crippen LogP contribution in [0.25, 0.3) is 10.8 Å². The lowest BCUT2D eigenvalue weighted by Gasteiger charge is -2.20. The molecule has 0 bridgehead atoms. The second-order valence-corrected chi connectivity index (χ2v) is 4.77. The fraction of sp³-hybridized carbons (Fsp3) is 0.333. The number of aromatic nitrogens is 1. The predicted octanol–water partition coefficient (Wildman–Crippen LogP) is 3.46. The molecule has 2 nitrogen and oxygen atoms in total. The van der Waals surface area contributed by atoms with Gasteiger partial charge in [-0.05, 0) is 24.3 Å². The van der Waals surface area contributed by atoms with E-state index in [0.29, 0.717) is 11.7 Å². The van der Waals surface area contributed by atoms with Gasteiger partial charge in [0.1, 0.15) is 5.78 Å². The Morgan fingerprint density at radius 3 is 2.53 bits per heavy atom. The van der Waals surface area contributed by atoms with Crippen LogP contribution < -0.4 is 0 Å². The number of pyridine rings is 1. The molecule has 0 atom stereocenters. The third-order valence-corrected chi connectivity index (χ3v) is 3.61. The maximum absolute atomic E-state index is 11.2. The van der Waals surface area contributed by atoms with E-state index < -0.39 is 0 Å². The van der Waals surface area contributed by atoms with Gasteiger partial charge in [-0.3, -0.25) is 9.78 Å². The molecule has 1 aromatic carbocycles. The summed E-state index contributed by atoms with van der Waals surface area (Å²) in [5, 5.41) is 2.43. The maximum Gasteiger partial charge on any atom is 0.132 e. The third-order valence-electron chi connectivity index (χ3n) is 3.61. The highest BCUT2D eigenvalue weighted by atomic mass is 16.1. The normalized spacial score (nSPS) is 17.5. The highest BCUT2D eigenvalue weighted by molar-refractivity contribution is 5.82. The Balaban J connectivity index is 1.92. The van der Waals surface area contributed by atoms with Gasteiger partial charge in [0.15, 0.2) is 0 Å². The smallest absolute Gasteiger partial charge is 0.132 e. The van der Waals surface area contributed by atoms with Crippen molar-refractivity contribution in [2.24, 2.45) is 0 Å². The molecule has 1 aromatic heterocycles. The summed E-state index contributed by atoms with van der Waals surface area (Å²) < 4.78 is 0. The van der Waals surface area contributed by atoms with E-state index in [-0.39, 0.29) is 0 Å². The van der Waals surface area contributed by atoms with Gasteiger partial charge in [-0.25, -0.2) is 0 Å². The number of fused-ring (bicyclic) bond motifs is 1. The molecule has 1 fully saturated rings. The number of ketones is 1. The minimum atomic E-state index is 0.405. The van der Waals surface area contributed by atoms with Crippen LogP contribution in [0.4, 0.5) is 0 Å². The van der Waals surface area contributed by atoms with Gasteiger partial charge in [0.25, 0.3) is 0 Å². The molecule has 2 aromatic rings. The minimum absolute atomic E-state index is 0.405. The van der Waals surface area contributed by atoms with Crippen molar-refractivity contribution in [1.29, 1.82) is 0 Å². The summed E-state index contributed by atoms with van der Waals surface area (Å²) in [6.45, 7) is 0. The summed E-state index contributed by atoms with van der Waals surface area (Å²) >= 11 is 0. The molecule has 0 saturated heterocycles. The van der Waals surface area contributed by atoms with Gasteiger partial charge in [-0.15, -0.1) is 0 Å². The van der Waals surface area contributed by atoms with E-state index in [0.717, 1.165) is 31.4 Å². The Morgan fingerprint density at radius 1 is 1.06 bits per heavy atom. The molecule has 0 aliphatic heterocycles. The van der Waals surface area contributed by atoms with Gasteiger partial charge in [0.2, 0.25) is 0 Å². The van der Waals surface area contributed by atoms with E-state index in [1.54, 1.807) is 0 Å². The number of nitrogens with zero attached hydrogens (tertiary/aromatic N) is 1. The Hall–Kier alpha value is -1.70. The van der Waals surface area contributed by atoms with Crippen molar-refractivity contribution in [3.63, 3.8) is 0 Å². The molecule has 86 valence electrons. The number of benzene rings is 1. The van der Waals surface area contributed by atoms with Crippen LogP contribution in [-0.4, -0.2) is 10.8 Å². The van der Waals surface area contributed by atoms with E-state index in [1.165, 1.54) is 10.8 Å². The lowest BCUT2D eigenvalue weighted by atomic mass is 9.85. The molecule has 0 unspecified atom stereocenters. The molecule has 3 rings (SSSR count). The van der Waals surface area contributed by atoms with Crippen molar-refractivity contribution in [2.45, 2.75) is 31.6 Å². The first-order chi connectivity index (χ1) is 8.33. The maximum atomic E-state index is 11.2. The van der Waals surface area contributed by atoms with Gasteiger partial charge in [0, 0.05) is 36.0 Å². The first kappa shape index (κ1) is 10.5. The average Bonchev–Trinajstić information content (AvgIpc) is 2.39. The van der Waals surface area contributed by atoms with Gasteiger partial charge < -0.3 is 0 Å². The van der Waals surface area contributed by atoms with E-state index in [1.807, 2.05) is 12.3 Å². The van der Waals surface area contributed by atoms with Crippen molar-refractivity contribution in [1.82, 2.24) is 4.98 Å². The largest absolute Gasteiger partial charge is 0.300 e. The molecule has 2 heteroatoms. The summed E-state index contributed by atoms with van der Waals surface area (Å²) in [5.74, 6) is 0.874. The van der Waals surface area contributed by atoms with E-state index >= 15 is 0 Å². The Bertz CT molecular complexity index is 552. The molecule has 1 heterocycles. The van der Waals surface area contributed by atoms with E-state index in [4.69, 9.17) is 0 Å². The van der Waals surface area contributed by atoms with Crippen LogP contribution in [0.5, 0.6) is 0 Å². The molecule has 17 heavy (non-hydrogen) atoms. The Morgan fingerprint density at radius 2 is 1.76 bits per heavy atom. The molecule has 1 saturated carbocycles. The standard InChI is InChI=1S/C15H15NO/c17-14-7-5-11(6-8-14)15-9-12-3-1-2-4-13(12)10-16-15/h1-4,9-11H,5-8H2. The topological polar surface area (TPSA) is 30.0 Å². The number of hydrogen-bond acceptors (Lipinski definition) is 2. The summed E-state index contributed by atoms with van der Waals surface area (Å²) in [4.78, 5) is 15.8. The zero-order chi connectivity index (χ0) is 11.7. The van der Waals surface area contributed by atoms with Crippen LogP contribution in [0.3, 0.4) is 0 Å². The van der Waals surface area contributed by atoms with Crippen molar-refractivity contribution in [2.75, 3.05) is 0 Å². The van der Waals surface area contributed by atoms with Crippen molar-refractivity contribution >= 4 is 16.6 Å². The number of Topliss-reactive ketones (excluding diaryl/α,β-unsaturated/α-hetero) is 1. The van der Waals surface area contributed by atoms with Gasteiger partial charge >= 0.3 is 0 Å².